The topological polar surface area (TPSA) is 90.3 Å². The van der Waals surface area contributed by atoms with Crippen molar-refractivity contribution in [2.24, 2.45) is 0 Å². The van der Waals surface area contributed by atoms with Crippen molar-refractivity contribution in [3.8, 4) is 5.69 Å². The fourth-order valence-electron chi connectivity index (χ4n) is 2.74. The van der Waals surface area contributed by atoms with Crippen LogP contribution in [0.15, 0.2) is 59.5 Å². The van der Waals surface area contributed by atoms with Gasteiger partial charge in [0, 0.05) is 11.8 Å². The molecule has 0 spiro atoms. The molecule has 0 radical (unpaired) electrons. The van der Waals surface area contributed by atoms with Crippen LogP contribution in [0.4, 0.5) is 10.2 Å². The van der Waals surface area contributed by atoms with Gasteiger partial charge < -0.3 is 10.1 Å². The van der Waals surface area contributed by atoms with Crippen LogP contribution >= 0.6 is 0 Å². The van der Waals surface area contributed by atoms with Crippen molar-refractivity contribution >= 4 is 28.5 Å². The van der Waals surface area contributed by atoms with E-state index in [1.165, 1.54) is 35.0 Å². The highest BCUT2D eigenvalue weighted by Crippen LogP contribution is 2.18. The van der Waals surface area contributed by atoms with Gasteiger partial charge in [0.15, 0.2) is 6.61 Å². The fourth-order valence-corrected chi connectivity index (χ4v) is 3.68. The maximum absolute atomic E-state index is 13.2. The molecule has 30 heavy (non-hydrogen) atoms. The number of hydrogen-bond donors (Lipinski definition) is 1. The Balaban J connectivity index is 1.68. The van der Waals surface area contributed by atoms with Gasteiger partial charge in [-0.15, -0.1) is 0 Å². The number of carbonyl (C=O) groups is 2. The van der Waals surface area contributed by atoms with E-state index in [0.29, 0.717) is 27.8 Å². The van der Waals surface area contributed by atoms with Gasteiger partial charge in [0.2, 0.25) is 0 Å². The number of anilines is 1. The molecule has 0 bridgehead atoms. The van der Waals surface area contributed by atoms with Crippen LogP contribution in [0.5, 0.6) is 0 Å². The van der Waals surface area contributed by atoms with Gasteiger partial charge in [-0.3, -0.25) is 9.00 Å². The number of halogens is 1. The lowest BCUT2D eigenvalue weighted by atomic mass is 10.2. The molecule has 0 aliphatic heterocycles. The number of benzene rings is 2. The number of rotatable bonds is 7. The Morgan fingerprint density at radius 3 is 2.57 bits per heavy atom. The molecule has 1 N–H and O–H groups in total. The maximum atomic E-state index is 13.2. The average Bonchev–Trinajstić information content (AvgIpc) is 3.11. The van der Waals surface area contributed by atoms with Crippen molar-refractivity contribution in [2.45, 2.75) is 18.7 Å². The number of ether oxygens (including phenoxy) is 1. The van der Waals surface area contributed by atoms with Crippen LogP contribution in [-0.4, -0.2) is 38.2 Å². The molecule has 1 atom stereocenters. The van der Waals surface area contributed by atoms with Crippen molar-refractivity contribution in [1.29, 1.82) is 0 Å². The Labute approximate surface area is 175 Å². The van der Waals surface area contributed by atoms with Gasteiger partial charge in [-0.1, -0.05) is 19.1 Å². The van der Waals surface area contributed by atoms with Crippen LogP contribution in [-0.2, 0) is 20.3 Å². The summed E-state index contributed by atoms with van der Waals surface area (Å²) in [5, 5.41) is 6.92. The monoisotopic (exact) mass is 429 g/mol. The van der Waals surface area contributed by atoms with Gasteiger partial charge >= 0.3 is 5.97 Å². The second-order valence-electron chi connectivity index (χ2n) is 6.31. The van der Waals surface area contributed by atoms with Gasteiger partial charge in [-0.05, 0) is 43.3 Å². The van der Waals surface area contributed by atoms with E-state index in [-0.39, 0.29) is 11.4 Å². The van der Waals surface area contributed by atoms with E-state index in [0.717, 1.165) is 0 Å². The van der Waals surface area contributed by atoms with Gasteiger partial charge in [0.05, 0.1) is 32.6 Å². The zero-order chi connectivity index (χ0) is 21.7. The highest BCUT2D eigenvalue weighted by molar-refractivity contribution is 7.85. The molecule has 0 saturated carbocycles. The number of esters is 1. The van der Waals surface area contributed by atoms with E-state index in [1.807, 2.05) is 0 Å². The summed E-state index contributed by atoms with van der Waals surface area (Å²) in [6.07, 6.45) is 0. The van der Waals surface area contributed by atoms with E-state index >= 15 is 0 Å². The molecule has 2 aromatic carbocycles. The Morgan fingerprint density at radius 2 is 1.87 bits per heavy atom. The summed E-state index contributed by atoms with van der Waals surface area (Å²) < 4.78 is 31.8. The Kier molecular flexibility index (Phi) is 6.73. The van der Waals surface area contributed by atoms with Crippen molar-refractivity contribution in [3.05, 3.63) is 71.7 Å². The molecule has 1 heterocycles. The first-order valence-electron chi connectivity index (χ1n) is 9.16. The van der Waals surface area contributed by atoms with Crippen molar-refractivity contribution in [2.75, 3.05) is 17.7 Å². The minimum atomic E-state index is -1.33. The molecule has 156 valence electrons. The standard InChI is InChI=1S/C21H20FN3O4S/c1-3-30(28)18-7-5-4-6-17(18)21(27)29-13-20(26)23-19-12-14(2)24-25(19)16-10-8-15(22)9-11-16/h4-12H,3,13H2,1-2H3,(H,23,26). The van der Waals surface area contributed by atoms with E-state index in [1.54, 1.807) is 38.1 Å². The van der Waals surface area contributed by atoms with E-state index < -0.39 is 29.3 Å². The molecule has 3 aromatic rings. The second kappa shape index (κ2) is 9.45. The number of nitrogens with zero attached hydrogens (tertiary/aromatic N) is 2. The van der Waals surface area contributed by atoms with Crippen LogP contribution in [0.25, 0.3) is 5.69 Å². The molecule has 7 nitrogen and oxygen atoms in total. The van der Waals surface area contributed by atoms with E-state index in [4.69, 9.17) is 4.74 Å². The summed E-state index contributed by atoms with van der Waals surface area (Å²) >= 11 is 0. The van der Waals surface area contributed by atoms with Crippen molar-refractivity contribution in [3.63, 3.8) is 0 Å². The fraction of sp³-hybridized carbons (Fsp3) is 0.190. The number of carbonyl (C=O) groups excluding carboxylic acids is 2. The number of nitrogens with one attached hydrogen (secondary N) is 1. The second-order valence-corrected chi connectivity index (χ2v) is 8.02. The zero-order valence-electron chi connectivity index (χ0n) is 16.4. The zero-order valence-corrected chi connectivity index (χ0v) is 17.2. The third kappa shape index (κ3) is 4.98. The smallest absolute Gasteiger partial charge is 0.339 e. The molecule has 9 heteroatoms. The summed E-state index contributed by atoms with van der Waals surface area (Å²) in [6.45, 7) is 2.97. The molecule has 1 aromatic heterocycles. The Bertz CT molecular complexity index is 1100. The molecule has 0 fully saturated rings. The third-order valence-electron chi connectivity index (χ3n) is 4.12. The summed E-state index contributed by atoms with van der Waals surface area (Å²) in [6, 6.07) is 13.7. The molecular weight excluding hydrogens is 409 g/mol. The Morgan fingerprint density at radius 1 is 1.17 bits per heavy atom. The molecule has 0 saturated heterocycles. The molecular formula is C21H20FN3O4S. The minimum Gasteiger partial charge on any atom is -0.452 e. The average molecular weight is 429 g/mol. The van der Waals surface area contributed by atoms with E-state index in [2.05, 4.69) is 10.4 Å². The molecule has 0 aliphatic carbocycles. The first-order valence-corrected chi connectivity index (χ1v) is 10.5. The highest BCUT2D eigenvalue weighted by atomic mass is 32.2. The normalized spacial score (nSPS) is 11.7. The van der Waals surface area contributed by atoms with Crippen LogP contribution in [0, 0.1) is 12.7 Å². The molecule has 0 aliphatic rings. The number of aromatic nitrogens is 2. The summed E-state index contributed by atoms with van der Waals surface area (Å²) in [5.74, 6) is -0.971. The molecule has 1 unspecified atom stereocenters. The maximum Gasteiger partial charge on any atom is 0.339 e. The van der Waals surface area contributed by atoms with E-state index in [9.17, 15) is 18.2 Å². The lowest BCUT2D eigenvalue weighted by Gasteiger charge is -2.10. The summed E-state index contributed by atoms with van der Waals surface area (Å²) in [4.78, 5) is 25.1. The van der Waals surface area contributed by atoms with Crippen molar-refractivity contribution in [1.82, 2.24) is 9.78 Å². The number of aryl methyl sites for hydroxylation is 1. The molecule has 3 rings (SSSR count). The van der Waals surface area contributed by atoms with Gasteiger partial charge in [0.25, 0.3) is 5.91 Å². The predicted octanol–water partition coefficient (Wildman–Crippen LogP) is 3.24. The predicted molar refractivity (Wildman–Crippen MR) is 111 cm³/mol. The first kappa shape index (κ1) is 21.4. The van der Waals surface area contributed by atoms with Gasteiger partial charge in [-0.25, -0.2) is 13.9 Å². The third-order valence-corrected chi connectivity index (χ3v) is 5.49. The number of amides is 1. The van der Waals surface area contributed by atoms with Crippen LogP contribution in [0.2, 0.25) is 0 Å². The lowest BCUT2D eigenvalue weighted by Crippen LogP contribution is -2.23. The van der Waals surface area contributed by atoms with Gasteiger partial charge in [0.1, 0.15) is 11.6 Å². The highest BCUT2D eigenvalue weighted by Gasteiger charge is 2.18. The molecule has 1 amide bonds. The van der Waals surface area contributed by atoms with Gasteiger partial charge in [-0.2, -0.15) is 5.10 Å². The van der Waals surface area contributed by atoms with Crippen LogP contribution in [0.1, 0.15) is 23.0 Å². The Hall–Kier alpha value is -3.33. The minimum absolute atomic E-state index is 0.165. The summed E-state index contributed by atoms with van der Waals surface area (Å²) in [7, 11) is -1.33. The quantitative estimate of drug-likeness (QED) is 0.583. The summed E-state index contributed by atoms with van der Waals surface area (Å²) in [5.41, 5.74) is 1.37. The van der Waals surface area contributed by atoms with Crippen molar-refractivity contribution < 1.29 is 22.9 Å². The lowest BCUT2D eigenvalue weighted by molar-refractivity contribution is -0.119. The van der Waals surface area contributed by atoms with Crippen LogP contribution < -0.4 is 5.32 Å². The van der Waals surface area contributed by atoms with Crippen LogP contribution in [0.3, 0.4) is 0 Å². The number of hydrogen-bond acceptors (Lipinski definition) is 5. The largest absolute Gasteiger partial charge is 0.452 e. The first-order chi connectivity index (χ1) is 14.4. The SMILES string of the molecule is CCS(=O)c1ccccc1C(=O)OCC(=O)Nc1cc(C)nn1-c1ccc(F)cc1.